The average molecular weight is 476 g/mol. The summed E-state index contributed by atoms with van der Waals surface area (Å²) in [5.74, 6) is -0.380. The number of para-hydroxylation sites is 1. The summed E-state index contributed by atoms with van der Waals surface area (Å²) < 4.78 is 0. The van der Waals surface area contributed by atoms with Crippen LogP contribution in [0.3, 0.4) is 0 Å². The molecule has 0 aliphatic carbocycles. The third kappa shape index (κ3) is 8.10. The standard InChI is InChI=1S/C31H41NO3/c1-3-4-5-6-7-8-9-10-11-13-18-25(2)35-32(27-20-14-12-15-21-27)31(34)29-24-23-26-19-16-17-22-28(26)30(29)33/h12,14-17,19-25,33H,3-11,13,18H2,1-2H3. The summed E-state index contributed by atoms with van der Waals surface area (Å²) in [5.41, 5.74) is 0.888. The van der Waals surface area contributed by atoms with Gasteiger partial charge in [-0.3, -0.25) is 9.63 Å². The SMILES string of the molecule is CCCCCCCCCCCCC(C)ON(C(=O)c1ccc2ccccc2c1O)c1ccccc1. The smallest absolute Gasteiger partial charge is 0.285 e. The van der Waals surface area contributed by atoms with E-state index in [0.717, 1.165) is 18.2 Å². The molecule has 0 aromatic heterocycles. The van der Waals surface area contributed by atoms with Gasteiger partial charge in [0.15, 0.2) is 0 Å². The van der Waals surface area contributed by atoms with Crippen molar-refractivity contribution in [1.82, 2.24) is 0 Å². The normalized spacial score (nSPS) is 12.1. The van der Waals surface area contributed by atoms with Crippen molar-refractivity contribution in [2.45, 2.75) is 90.6 Å². The molecule has 0 saturated carbocycles. The molecule has 1 N–H and O–H groups in total. The summed E-state index contributed by atoms with van der Waals surface area (Å²) in [6.07, 6.45) is 13.7. The molecule has 0 spiro atoms. The third-order valence-corrected chi connectivity index (χ3v) is 6.56. The summed E-state index contributed by atoms with van der Waals surface area (Å²) in [5, 5.41) is 13.7. The van der Waals surface area contributed by atoms with Crippen LogP contribution in [-0.4, -0.2) is 17.1 Å². The number of carbonyl (C=O) groups excluding carboxylic acids is 1. The number of phenolic OH excluding ortho intramolecular Hbond substituents is 1. The molecular weight excluding hydrogens is 434 g/mol. The monoisotopic (exact) mass is 475 g/mol. The van der Waals surface area contributed by atoms with E-state index in [9.17, 15) is 9.90 Å². The van der Waals surface area contributed by atoms with Gasteiger partial charge in [0.25, 0.3) is 5.91 Å². The van der Waals surface area contributed by atoms with E-state index in [1.165, 1.54) is 62.9 Å². The van der Waals surface area contributed by atoms with Gasteiger partial charge in [-0.05, 0) is 36.9 Å². The highest BCUT2D eigenvalue weighted by Gasteiger charge is 2.24. The minimum atomic E-state index is -0.366. The van der Waals surface area contributed by atoms with E-state index < -0.39 is 0 Å². The number of carbonyl (C=O) groups is 1. The molecule has 3 aromatic carbocycles. The van der Waals surface area contributed by atoms with Gasteiger partial charge in [-0.2, -0.15) is 5.06 Å². The van der Waals surface area contributed by atoms with Gasteiger partial charge in [0.2, 0.25) is 0 Å². The molecular formula is C31H41NO3. The number of phenols is 1. The van der Waals surface area contributed by atoms with Crippen LogP contribution in [0.2, 0.25) is 0 Å². The van der Waals surface area contributed by atoms with Crippen LogP contribution in [0.5, 0.6) is 5.75 Å². The van der Waals surface area contributed by atoms with E-state index in [1.807, 2.05) is 67.6 Å². The molecule has 1 amide bonds. The Hall–Kier alpha value is -2.85. The number of nitrogens with zero attached hydrogens (tertiary/aromatic N) is 1. The fourth-order valence-electron chi connectivity index (χ4n) is 4.48. The van der Waals surface area contributed by atoms with E-state index in [0.29, 0.717) is 11.1 Å². The zero-order valence-corrected chi connectivity index (χ0v) is 21.4. The van der Waals surface area contributed by atoms with Crippen LogP contribution < -0.4 is 5.06 Å². The molecule has 188 valence electrons. The Morgan fingerprint density at radius 2 is 1.40 bits per heavy atom. The Morgan fingerprint density at radius 1 is 0.800 bits per heavy atom. The number of anilines is 1. The maximum Gasteiger partial charge on any atom is 0.285 e. The lowest BCUT2D eigenvalue weighted by atomic mass is 10.0. The molecule has 35 heavy (non-hydrogen) atoms. The largest absolute Gasteiger partial charge is 0.506 e. The van der Waals surface area contributed by atoms with Crippen LogP contribution in [0.1, 0.15) is 94.8 Å². The molecule has 0 aliphatic heterocycles. The van der Waals surface area contributed by atoms with Crippen molar-refractivity contribution in [3.05, 3.63) is 72.3 Å². The van der Waals surface area contributed by atoms with Gasteiger partial charge in [0.1, 0.15) is 5.75 Å². The van der Waals surface area contributed by atoms with Gasteiger partial charge in [-0.25, -0.2) is 0 Å². The van der Waals surface area contributed by atoms with Crippen molar-refractivity contribution in [3.8, 4) is 5.75 Å². The lowest BCUT2D eigenvalue weighted by Crippen LogP contribution is -2.34. The molecule has 3 aromatic rings. The molecule has 0 heterocycles. The fraction of sp³-hybridized carbons (Fsp3) is 0.452. The Kier molecular flexibility index (Phi) is 11.1. The van der Waals surface area contributed by atoms with Crippen molar-refractivity contribution >= 4 is 22.4 Å². The van der Waals surface area contributed by atoms with Crippen LogP contribution >= 0.6 is 0 Å². The minimum Gasteiger partial charge on any atom is -0.506 e. The minimum absolute atomic E-state index is 0.0139. The first-order valence-corrected chi connectivity index (χ1v) is 13.4. The van der Waals surface area contributed by atoms with Crippen LogP contribution in [0.15, 0.2) is 66.7 Å². The summed E-state index contributed by atoms with van der Waals surface area (Å²) in [6.45, 7) is 4.27. The van der Waals surface area contributed by atoms with Gasteiger partial charge in [0.05, 0.1) is 17.4 Å². The number of hydrogen-bond donors (Lipinski definition) is 1. The lowest BCUT2D eigenvalue weighted by molar-refractivity contribution is 0.0306. The Balaban J connectivity index is 1.56. The number of hydroxylamine groups is 1. The zero-order valence-electron chi connectivity index (χ0n) is 21.4. The molecule has 4 nitrogen and oxygen atoms in total. The number of hydrogen-bond acceptors (Lipinski definition) is 3. The summed E-state index contributed by atoms with van der Waals surface area (Å²) in [6, 6.07) is 20.4. The van der Waals surface area contributed by atoms with Crippen LogP contribution in [0.25, 0.3) is 10.8 Å². The van der Waals surface area contributed by atoms with E-state index in [1.54, 1.807) is 6.07 Å². The molecule has 3 rings (SSSR count). The number of unbranched alkanes of at least 4 members (excludes halogenated alkanes) is 9. The van der Waals surface area contributed by atoms with Crippen LogP contribution in [-0.2, 0) is 4.84 Å². The van der Waals surface area contributed by atoms with Gasteiger partial charge in [-0.1, -0.05) is 120 Å². The maximum atomic E-state index is 13.5. The lowest BCUT2D eigenvalue weighted by Gasteiger charge is -2.26. The molecule has 0 radical (unpaired) electrons. The van der Waals surface area contributed by atoms with Crippen LogP contribution in [0.4, 0.5) is 5.69 Å². The summed E-state index contributed by atoms with van der Waals surface area (Å²) in [7, 11) is 0. The van der Waals surface area contributed by atoms with Gasteiger partial charge < -0.3 is 5.11 Å². The Bertz CT molecular complexity index is 1030. The van der Waals surface area contributed by atoms with Crippen molar-refractivity contribution < 1.29 is 14.7 Å². The second kappa shape index (κ2) is 14.5. The second-order valence-electron chi connectivity index (χ2n) is 9.50. The quantitative estimate of drug-likeness (QED) is 0.176. The number of fused-ring (bicyclic) bond motifs is 1. The van der Waals surface area contributed by atoms with Gasteiger partial charge >= 0.3 is 0 Å². The number of benzene rings is 3. The van der Waals surface area contributed by atoms with E-state index in [4.69, 9.17) is 4.84 Å². The average Bonchev–Trinajstić information content (AvgIpc) is 2.89. The summed E-state index contributed by atoms with van der Waals surface area (Å²) >= 11 is 0. The van der Waals surface area contributed by atoms with Gasteiger partial charge in [0, 0.05) is 5.39 Å². The van der Waals surface area contributed by atoms with Crippen molar-refractivity contribution in [3.63, 3.8) is 0 Å². The highest BCUT2D eigenvalue weighted by atomic mass is 16.7. The first-order valence-electron chi connectivity index (χ1n) is 13.4. The highest BCUT2D eigenvalue weighted by molar-refractivity contribution is 6.10. The highest BCUT2D eigenvalue weighted by Crippen LogP contribution is 2.31. The number of rotatable bonds is 15. The Morgan fingerprint density at radius 3 is 2.09 bits per heavy atom. The second-order valence-corrected chi connectivity index (χ2v) is 9.50. The predicted molar refractivity (Wildman–Crippen MR) is 146 cm³/mol. The van der Waals surface area contributed by atoms with E-state index >= 15 is 0 Å². The van der Waals surface area contributed by atoms with Crippen molar-refractivity contribution in [2.75, 3.05) is 5.06 Å². The number of amides is 1. The molecule has 4 heteroatoms. The first kappa shape index (κ1) is 26.7. The molecule has 0 aliphatic rings. The predicted octanol–water partition coefficient (Wildman–Crippen LogP) is 8.82. The maximum absolute atomic E-state index is 13.5. The van der Waals surface area contributed by atoms with Crippen molar-refractivity contribution in [2.24, 2.45) is 0 Å². The third-order valence-electron chi connectivity index (χ3n) is 6.56. The van der Waals surface area contributed by atoms with E-state index in [-0.39, 0.29) is 23.3 Å². The molecule has 0 fully saturated rings. The van der Waals surface area contributed by atoms with Crippen LogP contribution in [0, 0.1) is 0 Å². The number of aromatic hydroxyl groups is 1. The topological polar surface area (TPSA) is 49.8 Å². The first-order chi connectivity index (χ1) is 17.1. The zero-order chi connectivity index (χ0) is 24.9. The molecule has 1 atom stereocenters. The molecule has 0 bridgehead atoms. The fourth-order valence-corrected chi connectivity index (χ4v) is 4.48. The van der Waals surface area contributed by atoms with Gasteiger partial charge in [-0.15, -0.1) is 0 Å². The van der Waals surface area contributed by atoms with Crippen molar-refractivity contribution in [1.29, 1.82) is 0 Å². The molecule has 1 unspecified atom stereocenters. The molecule has 0 saturated heterocycles. The van der Waals surface area contributed by atoms with E-state index in [2.05, 4.69) is 6.92 Å². The summed E-state index contributed by atoms with van der Waals surface area (Å²) in [4.78, 5) is 19.7. The Labute approximate surface area is 210 Å².